The van der Waals surface area contributed by atoms with Crippen molar-refractivity contribution in [2.45, 2.75) is 16.8 Å². The molecule has 2 aromatic carbocycles. The molecule has 1 aliphatic heterocycles. The Morgan fingerprint density at radius 3 is 2.43 bits per heavy atom. The maximum Gasteiger partial charge on any atom is 0.331 e. The summed E-state index contributed by atoms with van der Waals surface area (Å²) in [6, 6.07) is 15.6. The van der Waals surface area contributed by atoms with Crippen LogP contribution in [0.5, 0.6) is 0 Å². The van der Waals surface area contributed by atoms with E-state index in [9.17, 15) is 9.59 Å². The van der Waals surface area contributed by atoms with Crippen LogP contribution in [-0.2, 0) is 23.8 Å². The van der Waals surface area contributed by atoms with E-state index in [1.54, 1.807) is 18.3 Å². The van der Waals surface area contributed by atoms with Crippen LogP contribution < -0.4 is 15.5 Å². The first kappa shape index (κ1) is 26.4. The highest BCUT2D eigenvalue weighted by molar-refractivity contribution is 7.99. The van der Waals surface area contributed by atoms with E-state index in [-0.39, 0.29) is 19.1 Å². The molecule has 0 aliphatic carbocycles. The van der Waals surface area contributed by atoms with Gasteiger partial charge in [0.05, 0.1) is 20.3 Å². The number of aromatic nitrogens is 2. The highest BCUT2D eigenvalue weighted by Crippen LogP contribution is 2.30. The van der Waals surface area contributed by atoms with Crippen molar-refractivity contribution in [1.29, 1.82) is 0 Å². The van der Waals surface area contributed by atoms with Crippen molar-refractivity contribution in [3.05, 3.63) is 60.3 Å². The summed E-state index contributed by atoms with van der Waals surface area (Å²) in [5.74, 6) is -0.373. The molecule has 194 valence electrons. The monoisotopic (exact) mass is 523 g/mol. The van der Waals surface area contributed by atoms with Crippen molar-refractivity contribution in [2.75, 3.05) is 62.2 Å². The minimum Gasteiger partial charge on any atom is -0.467 e. The van der Waals surface area contributed by atoms with E-state index in [1.807, 2.05) is 31.2 Å². The lowest BCUT2D eigenvalue weighted by Crippen LogP contribution is -2.36. The van der Waals surface area contributed by atoms with Gasteiger partial charge < -0.3 is 29.7 Å². The van der Waals surface area contributed by atoms with E-state index in [0.29, 0.717) is 11.6 Å². The van der Waals surface area contributed by atoms with Gasteiger partial charge in [-0.15, -0.1) is 0 Å². The van der Waals surface area contributed by atoms with E-state index in [4.69, 9.17) is 14.5 Å². The van der Waals surface area contributed by atoms with Crippen molar-refractivity contribution < 1.29 is 23.8 Å². The summed E-state index contributed by atoms with van der Waals surface area (Å²) in [7, 11) is 1.26. The maximum absolute atomic E-state index is 12.0. The number of morpholine rings is 1. The fourth-order valence-electron chi connectivity index (χ4n) is 3.50. The summed E-state index contributed by atoms with van der Waals surface area (Å²) < 4.78 is 14.9. The van der Waals surface area contributed by atoms with Crippen LogP contribution in [0.1, 0.15) is 5.56 Å². The zero-order valence-electron chi connectivity index (χ0n) is 20.7. The molecule has 0 unspecified atom stereocenters. The predicted octanol–water partition coefficient (Wildman–Crippen LogP) is 3.64. The van der Waals surface area contributed by atoms with Gasteiger partial charge in [0.2, 0.25) is 11.9 Å². The SMILES string of the molecule is COC(=O)COCC(=O)Nc1ccc(Sc2nc(Nc3ccc(N4CCOCC4)cc3)ncc2C)cc1. The van der Waals surface area contributed by atoms with Gasteiger partial charge in [-0.05, 0) is 55.5 Å². The van der Waals surface area contributed by atoms with Gasteiger partial charge in [0.1, 0.15) is 18.2 Å². The largest absolute Gasteiger partial charge is 0.467 e. The molecule has 0 atom stereocenters. The molecule has 0 radical (unpaired) electrons. The second kappa shape index (κ2) is 13.0. The summed E-state index contributed by atoms with van der Waals surface area (Å²) in [4.78, 5) is 35.4. The molecule has 1 amide bonds. The standard InChI is InChI=1S/C26H29N5O5S/c1-18-15-27-26(29-20-3-7-21(8-4-20)31-11-13-35-14-12-31)30-25(18)37-22-9-5-19(6-10-22)28-23(32)16-36-17-24(33)34-2/h3-10,15H,11-14,16-17H2,1-2H3,(H,28,32)(H,27,29,30). The van der Waals surface area contributed by atoms with Crippen LogP contribution in [0.2, 0.25) is 0 Å². The van der Waals surface area contributed by atoms with Gasteiger partial charge in [0.15, 0.2) is 0 Å². The van der Waals surface area contributed by atoms with Crippen molar-refractivity contribution >= 4 is 46.6 Å². The minimum atomic E-state index is -0.533. The highest BCUT2D eigenvalue weighted by atomic mass is 32.2. The zero-order valence-corrected chi connectivity index (χ0v) is 21.5. The highest BCUT2D eigenvalue weighted by Gasteiger charge is 2.12. The third-order valence-corrected chi connectivity index (χ3v) is 6.57. The second-order valence-corrected chi connectivity index (χ2v) is 9.26. The van der Waals surface area contributed by atoms with Crippen LogP contribution in [-0.4, -0.2) is 68.5 Å². The van der Waals surface area contributed by atoms with Crippen molar-refractivity contribution in [2.24, 2.45) is 0 Å². The summed E-state index contributed by atoms with van der Waals surface area (Å²) in [6.07, 6.45) is 1.79. The summed E-state index contributed by atoms with van der Waals surface area (Å²) in [6.45, 7) is 4.75. The van der Waals surface area contributed by atoms with Crippen LogP contribution >= 0.6 is 11.8 Å². The number of hydrogen-bond acceptors (Lipinski definition) is 10. The molecular formula is C26H29N5O5S. The minimum absolute atomic E-state index is 0.239. The van der Waals surface area contributed by atoms with Gasteiger partial charge in [0.25, 0.3) is 0 Å². The van der Waals surface area contributed by atoms with Gasteiger partial charge in [-0.25, -0.2) is 14.8 Å². The van der Waals surface area contributed by atoms with Crippen molar-refractivity contribution in [1.82, 2.24) is 9.97 Å². The van der Waals surface area contributed by atoms with E-state index in [2.05, 4.69) is 37.4 Å². The Morgan fingerprint density at radius 2 is 1.73 bits per heavy atom. The Bertz CT molecular complexity index is 1200. The first-order chi connectivity index (χ1) is 18.0. The normalized spacial score (nSPS) is 13.2. The van der Waals surface area contributed by atoms with Crippen LogP contribution in [0, 0.1) is 6.92 Å². The average molecular weight is 524 g/mol. The molecule has 0 bridgehead atoms. The number of benzene rings is 2. The predicted molar refractivity (Wildman–Crippen MR) is 142 cm³/mol. The molecule has 11 heteroatoms. The lowest BCUT2D eigenvalue weighted by molar-refractivity contribution is -0.146. The Balaban J connectivity index is 1.32. The number of nitrogens with zero attached hydrogens (tertiary/aromatic N) is 3. The van der Waals surface area contributed by atoms with Crippen molar-refractivity contribution in [3.63, 3.8) is 0 Å². The molecule has 3 aromatic rings. The van der Waals surface area contributed by atoms with Gasteiger partial charge in [-0.1, -0.05) is 11.8 Å². The van der Waals surface area contributed by atoms with E-state index >= 15 is 0 Å². The third kappa shape index (κ3) is 7.91. The van der Waals surface area contributed by atoms with Gasteiger partial charge in [-0.3, -0.25) is 4.79 Å². The molecule has 1 aromatic heterocycles. The lowest BCUT2D eigenvalue weighted by atomic mass is 10.2. The first-order valence-electron chi connectivity index (χ1n) is 11.8. The number of aryl methyl sites for hydroxylation is 1. The zero-order chi connectivity index (χ0) is 26.0. The summed E-state index contributed by atoms with van der Waals surface area (Å²) in [5.41, 5.74) is 3.66. The van der Waals surface area contributed by atoms with Crippen molar-refractivity contribution in [3.8, 4) is 0 Å². The molecule has 0 saturated carbocycles. The fraction of sp³-hybridized carbons (Fsp3) is 0.308. The van der Waals surface area contributed by atoms with Gasteiger partial charge in [-0.2, -0.15) is 0 Å². The van der Waals surface area contributed by atoms with Crippen LogP contribution in [0.15, 0.2) is 64.6 Å². The first-order valence-corrected chi connectivity index (χ1v) is 12.6. The topological polar surface area (TPSA) is 115 Å². The number of rotatable bonds is 10. The van der Waals surface area contributed by atoms with E-state index in [0.717, 1.165) is 47.5 Å². The Hall–Kier alpha value is -3.67. The maximum atomic E-state index is 12.0. The summed E-state index contributed by atoms with van der Waals surface area (Å²) in [5, 5.41) is 6.83. The molecule has 2 heterocycles. The van der Waals surface area contributed by atoms with E-state index in [1.165, 1.54) is 24.6 Å². The average Bonchev–Trinajstić information content (AvgIpc) is 2.92. The number of esters is 1. The molecule has 1 fully saturated rings. The quantitative estimate of drug-likeness (QED) is 0.301. The molecule has 4 rings (SSSR count). The van der Waals surface area contributed by atoms with Crippen LogP contribution in [0.4, 0.5) is 23.0 Å². The number of ether oxygens (including phenoxy) is 3. The fourth-order valence-corrected chi connectivity index (χ4v) is 4.34. The molecular weight excluding hydrogens is 494 g/mol. The number of hydrogen-bond donors (Lipinski definition) is 2. The van der Waals surface area contributed by atoms with Gasteiger partial charge >= 0.3 is 5.97 Å². The number of amides is 1. The Morgan fingerprint density at radius 1 is 1.03 bits per heavy atom. The van der Waals surface area contributed by atoms with E-state index < -0.39 is 5.97 Å². The molecule has 0 spiro atoms. The number of anilines is 4. The Kier molecular flexibility index (Phi) is 9.30. The number of carbonyl (C=O) groups is 2. The number of carbonyl (C=O) groups excluding carboxylic acids is 2. The van der Waals surface area contributed by atoms with Crippen LogP contribution in [0.3, 0.4) is 0 Å². The molecule has 2 N–H and O–H groups in total. The van der Waals surface area contributed by atoms with Gasteiger partial charge in [0, 0.05) is 46.8 Å². The molecule has 37 heavy (non-hydrogen) atoms. The second-order valence-electron chi connectivity index (χ2n) is 8.20. The third-order valence-electron chi connectivity index (χ3n) is 5.46. The molecule has 10 nitrogen and oxygen atoms in total. The smallest absolute Gasteiger partial charge is 0.331 e. The molecule has 1 saturated heterocycles. The summed E-state index contributed by atoms with van der Waals surface area (Å²) >= 11 is 1.51. The number of nitrogens with one attached hydrogen (secondary N) is 2. The number of methoxy groups -OCH3 is 1. The molecule has 1 aliphatic rings. The van der Waals surface area contributed by atoms with Crippen LogP contribution in [0.25, 0.3) is 0 Å². The Labute approximate surface area is 219 Å². The lowest BCUT2D eigenvalue weighted by Gasteiger charge is -2.28.